The molecule has 0 aliphatic carbocycles. The number of ether oxygens (including phenoxy) is 2. The number of aliphatic carboxylic acids is 1. The monoisotopic (exact) mass is 553 g/mol. The summed E-state index contributed by atoms with van der Waals surface area (Å²) >= 11 is 0. The third-order valence-electron chi connectivity index (χ3n) is 6.85. The maximum Gasteiger partial charge on any atom is 0.324 e. The average molecular weight is 554 g/mol. The predicted molar refractivity (Wildman–Crippen MR) is 157 cm³/mol. The number of hydrogen-bond acceptors (Lipinski definition) is 6. The lowest BCUT2D eigenvalue weighted by Gasteiger charge is -2.19. The standard InChI is InChI=1S/C33H47NO6/c1-2-3-4-5-6-7-8-9-16-21-30(39-25-27-17-12-10-13-18-27)22-29(35)24-34-31(23-32(36)37)33(38)40-26-28-19-14-11-15-20-28/h10-15,17-20,30-31,34H,2-9,16,21-26H2,1H3,(H,36,37)/t30-,31+/m1/s1. The normalized spacial score (nSPS) is 12.5. The van der Waals surface area contributed by atoms with Gasteiger partial charge in [-0.15, -0.1) is 0 Å². The minimum Gasteiger partial charge on any atom is -0.481 e. The molecule has 2 aromatic carbocycles. The molecule has 2 aromatic rings. The fourth-order valence-electron chi connectivity index (χ4n) is 4.52. The first-order valence-corrected chi connectivity index (χ1v) is 14.8. The van der Waals surface area contributed by atoms with Gasteiger partial charge >= 0.3 is 11.9 Å². The molecular formula is C33H47NO6. The summed E-state index contributed by atoms with van der Waals surface area (Å²) in [5.41, 5.74) is 1.85. The fraction of sp³-hybridized carbons (Fsp3) is 0.545. The molecule has 2 N–H and O–H groups in total. The summed E-state index contributed by atoms with van der Waals surface area (Å²) in [5, 5.41) is 12.1. The molecule has 0 bridgehead atoms. The Kier molecular flexibility index (Phi) is 17.3. The topological polar surface area (TPSA) is 102 Å². The van der Waals surface area contributed by atoms with E-state index in [0.29, 0.717) is 6.61 Å². The Morgan fingerprint density at radius 1 is 0.750 bits per heavy atom. The van der Waals surface area contributed by atoms with Crippen LogP contribution in [0.1, 0.15) is 95.1 Å². The molecule has 0 radical (unpaired) electrons. The number of carbonyl (C=O) groups excluding carboxylic acids is 2. The van der Waals surface area contributed by atoms with Crippen molar-refractivity contribution in [3.05, 3.63) is 71.8 Å². The van der Waals surface area contributed by atoms with Gasteiger partial charge in [0.15, 0.2) is 0 Å². The second-order valence-electron chi connectivity index (χ2n) is 10.4. The van der Waals surface area contributed by atoms with E-state index in [9.17, 15) is 19.5 Å². The van der Waals surface area contributed by atoms with E-state index >= 15 is 0 Å². The van der Waals surface area contributed by atoms with E-state index in [2.05, 4.69) is 12.2 Å². The number of Topliss-reactive ketones (excluding diaryl/α,β-unsaturated/α-hetero) is 1. The van der Waals surface area contributed by atoms with Crippen LogP contribution in [0.3, 0.4) is 0 Å². The quantitative estimate of drug-likeness (QED) is 0.118. The second kappa shape index (κ2) is 20.8. The van der Waals surface area contributed by atoms with Gasteiger partial charge in [0.2, 0.25) is 0 Å². The Hall–Kier alpha value is -3.03. The molecule has 0 aliphatic heterocycles. The number of esters is 1. The first-order valence-electron chi connectivity index (χ1n) is 14.8. The fourth-order valence-corrected chi connectivity index (χ4v) is 4.52. The number of nitrogens with one attached hydrogen (secondary N) is 1. The maximum absolute atomic E-state index is 12.9. The van der Waals surface area contributed by atoms with E-state index in [1.165, 1.54) is 44.9 Å². The smallest absolute Gasteiger partial charge is 0.324 e. The van der Waals surface area contributed by atoms with Crippen LogP contribution in [0.15, 0.2) is 60.7 Å². The molecule has 0 aromatic heterocycles. The van der Waals surface area contributed by atoms with E-state index in [-0.39, 0.29) is 31.5 Å². The van der Waals surface area contributed by atoms with Gasteiger partial charge in [-0.25, -0.2) is 0 Å². The molecule has 0 heterocycles. The Labute approximate surface area is 239 Å². The van der Waals surface area contributed by atoms with Crippen LogP contribution in [0, 0.1) is 0 Å². The zero-order valence-corrected chi connectivity index (χ0v) is 24.0. The molecule has 220 valence electrons. The van der Waals surface area contributed by atoms with Gasteiger partial charge < -0.3 is 14.6 Å². The number of benzene rings is 2. The van der Waals surface area contributed by atoms with E-state index in [1.54, 1.807) is 0 Å². The minimum absolute atomic E-state index is 0.0412. The minimum atomic E-state index is -1.14. The third-order valence-corrected chi connectivity index (χ3v) is 6.85. The molecule has 0 fully saturated rings. The second-order valence-corrected chi connectivity index (χ2v) is 10.4. The Balaban J connectivity index is 1.82. The van der Waals surface area contributed by atoms with Gasteiger partial charge in [-0.2, -0.15) is 0 Å². The first kappa shape index (κ1) is 33.2. The highest BCUT2D eigenvalue weighted by Gasteiger charge is 2.24. The van der Waals surface area contributed by atoms with Crippen molar-refractivity contribution in [2.24, 2.45) is 0 Å². The highest BCUT2D eigenvalue weighted by atomic mass is 16.5. The maximum atomic E-state index is 12.9. The van der Waals surface area contributed by atoms with Gasteiger partial charge in [-0.1, -0.05) is 125 Å². The van der Waals surface area contributed by atoms with Crippen LogP contribution in [0.2, 0.25) is 0 Å². The van der Waals surface area contributed by atoms with Crippen molar-refractivity contribution in [2.45, 2.75) is 109 Å². The largest absolute Gasteiger partial charge is 0.481 e. The van der Waals surface area contributed by atoms with Crippen molar-refractivity contribution in [3.63, 3.8) is 0 Å². The molecule has 0 spiro atoms. The Morgan fingerprint density at radius 2 is 1.30 bits per heavy atom. The van der Waals surface area contributed by atoms with Crippen LogP contribution in [0.4, 0.5) is 0 Å². The number of hydrogen-bond donors (Lipinski definition) is 2. The SMILES string of the molecule is CCCCCCCCCCC[C@H](CC(=O)CN[C@@H](CC(=O)O)C(=O)OCc1ccccc1)OCc1ccccc1. The number of carboxylic acid groups (broad SMARTS) is 1. The molecule has 0 aliphatic rings. The lowest BCUT2D eigenvalue weighted by Crippen LogP contribution is -2.42. The van der Waals surface area contributed by atoms with Crippen LogP contribution in [-0.4, -0.2) is 41.5 Å². The van der Waals surface area contributed by atoms with Gasteiger partial charge in [0.1, 0.15) is 18.4 Å². The summed E-state index contributed by atoms with van der Waals surface area (Å²) in [4.78, 5) is 36.8. The van der Waals surface area contributed by atoms with Crippen molar-refractivity contribution in [3.8, 4) is 0 Å². The van der Waals surface area contributed by atoms with Crippen molar-refractivity contribution in [2.75, 3.05) is 6.54 Å². The highest BCUT2D eigenvalue weighted by Crippen LogP contribution is 2.16. The van der Waals surface area contributed by atoms with E-state index in [4.69, 9.17) is 9.47 Å². The summed E-state index contributed by atoms with van der Waals surface area (Å²) in [6, 6.07) is 17.9. The highest BCUT2D eigenvalue weighted by molar-refractivity contribution is 5.84. The summed E-state index contributed by atoms with van der Waals surface area (Å²) in [6.45, 7) is 2.57. The van der Waals surface area contributed by atoms with E-state index in [1.807, 2.05) is 60.7 Å². The van der Waals surface area contributed by atoms with E-state index in [0.717, 1.165) is 30.4 Å². The first-order chi connectivity index (χ1) is 19.5. The van der Waals surface area contributed by atoms with Crippen LogP contribution < -0.4 is 5.32 Å². The molecule has 2 rings (SSSR count). The number of rotatable bonds is 23. The Bertz CT molecular complexity index is 965. The molecule has 0 saturated heterocycles. The van der Waals surface area contributed by atoms with Crippen LogP contribution in [0.25, 0.3) is 0 Å². The number of ketones is 1. The summed E-state index contributed by atoms with van der Waals surface area (Å²) in [7, 11) is 0. The molecule has 0 unspecified atom stereocenters. The number of carbonyl (C=O) groups is 3. The summed E-state index contributed by atoms with van der Waals surface area (Å²) in [6.07, 6.45) is 11.3. The molecular weight excluding hydrogens is 506 g/mol. The summed E-state index contributed by atoms with van der Waals surface area (Å²) in [5.74, 6) is -1.96. The van der Waals surface area contributed by atoms with Crippen LogP contribution >= 0.6 is 0 Å². The third kappa shape index (κ3) is 15.5. The number of carboxylic acids is 1. The van der Waals surface area contributed by atoms with Gasteiger partial charge in [0.25, 0.3) is 0 Å². The molecule has 7 heteroatoms. The van der Waals surface area contributed by atoms with Crippen molar-refractivity contribution in [1.82, 2.24) is 5.32 Å². The van der Waals surface area contributed by atoms with Gasteiger partial charge in [0, 0.05) is 6.42 Å². The molecule has 40 heavy (non-hydrogen) atoms. The van der Waals surface area contributed by atoms with Crippen LogP contribution in [-0.2, 0) is 37.1 Å². The lowest BCUT2D eigenvalue weighted by molar-refractivity contribution is -0.151. The van der Waals surface area contributed by atoms with Crippen LogP contribution in [0.5, 0.6) is 0 Å². The van der Waals surface area contributed by atoms with Gasteiger partial charge in [-0.3, -0.25) is 19.7 Å². The van der Waals surface area contributed by atoms with Crippen molar-refractivity contribution in [1.29, 1.82) is 0 Å². The summed E-state index contributed by atoms with van der Waals surface area (Å²) < 4.78 is 11.4. The zero-order valence-electron chi connectivity index (χ0n) is 24.0. The zero-order chi connectivity index (χ0) is 28.8. The van der Waals surface area contributed by atoms with Gasteiger partial charge in [-0.05, 0) is 17.5 Å². The lowest BCUT2D eigenvalue weighted by atomic mass is 10.0. The average Bonchev–Trinajstić information content (AvgIpc) is 2.96. The van der Waals surface area contributed by atoms with Gasteiger partial charge in [0.05, 0.1) is 25.7 Å². The number of unbranched alkanes of at least 4 members (excludes halogenated alkanes) is 8. The molecule has 0 amide bonds. The predicted octanol–water partition coefficient (Wildman–Crippen LogP) is 6.63. The van der Waals surface area contributed by atoms with Crippen molar-refractivity contribution >= 4 is 17.7 Å². The van der Waals surface area contributed by atoms with E-state index < -0.39 is 24.4 Å². The Morgan fingerprint density at radius 3 is 1.88 bits per heavy atom. The van der Waals surface area contributed by atoms with Crippen molar-refractivity contribution < 1.29 is 29.0 Å². The molecule has 2 atom stereocenters. The molecule has 7 nitrogen and oxygen atoms in total. The molecule has 0 saturated carbocycles.